The lowest BCUT2D eigenvalue weighted by molar-refractivity contribution is -0.126. The van der Waals surface area contributed by atoms with Gasteiger partial charge in [0.2, 0.25) is 5.91 Å². The first kappa shape index (κ1) is 15.4. The molecule has 0 aromatic carbocycles. The van der Waals surface area contributed by atoms with E-state index in [0.717, 1.165) is 0 Å². The van der Waals surface area contributed by atoms with Gasteiger partial charge in [-0.25, -0.2) is 0 Å². The van der Waals surface area contributed by atoms with Crippen LogP contribution < -0.4 is 0 Å². The molecule has 1 rings (SSSR count). The molecule has 0 aromatic heterocycles. The Balaban J connectivity index is 2.66. The summed E-state index contributed by atoms with van der Waals surface area (Å²) >= 11 is 0. The highest BCUT2D eigenvalue weighted by molar-refractivity contribution is 7.86. The van der Waals surface area contributed by atoms with Crippen molar-refractivity contribution in [1.29, 1.82) is 0 Å². The van der Waals surface area contributed by atoms with Crippen molar-refractivity contribution >= 4 is 16.1 Å². The van der Waals surface area contributed by atoms with E-state index in [1.54, 1.807) is 26.0 Å². The summed E-state index contributed by atoms with van der Waals surface area (Å²) in [6.45, 7) is 4.68. The molecule has 0 radical (unpaired) electrons. The summed E-state index contributed by atoms with van der Waals surface area (Å²) in [4.78, 5) is 13.1. The molecule has 0 bridgehead atoms. The molecule has 1 atom stereocenters. The molecule has 0 aliphatic carbocycles. The summed E-state index contributed by atoms with van der Waals surface area (Å²) < 4.78 is 27.0. The van der Waals surface area contributed by atoms with Gasteiger partial charge < -0.3 is 4.90 Å². The van der Waals surface area contributed by atoms with Crippen molar-refractivity contribution in [3.05, 3.63) is 0 Å². The number of carbonyl (C=O) groups is 1. The standard InChI is InChI=1S/C11H23N3O3S/c1-9(2)14(5)18(16,17)13(4)8-10-6-11(15)12(3)7-10/h9-10H,6-8H2,1-5H3. The average molecular weight is 277 g/mol. The van der Waals surface area contributed by atoms with Crippen LogP contribution in [0.2, 0.25) is 0 Å². The normalized spacial score (nSPS) is 21.7. The minimum Gasteiger partial charge on any atom is -0.345 e. The topological polar surface area (TPSA) is 60.9 Å². The third-order valence-electron chi connectivity index (χ3n) is 3.42. The first-order chi connectivity index (χ1) is 8.16. The number of amides is 1. The Morgan fingerprint density at radius 2 is 1.94 bits per heavy atom. The maximum Gasteiger partial charge on any atom is 0.281 e. The summed E-state index contributed by atoms with van der Waals surface area (Å²) in [6, 6.07) is -0.0784. The van der Waals surface area contributed by atoms with E-state index in [9.17, 15) is 13.2 Å². The lowest BCUT2D eigenvalue weighted by Gasteiger charge is -2.28. The Morgan fingerprint density at radius 1 is 1.39 bits per heavy atom. The summed E-state index contributed by atoms with van der Waals surface area (Å²) in [7, 11) is 1.46. The molecule has 7 heteroatoms. The maximum atomic E-state index is 12.2. The van der Waals surface area contributed by atoms with Crippen molar-refractivity contribution in [1.82, 2.24) is 13.5 Å². The molecule has 0 aromatic rings. The molecule has 1 fully saturated rings. The van der Waals surface area contributed by atoms with Crippen molar-refractivity contribution in [2.45, 2.75) is 26.3 Å². The van der Waals surface area contributed by atoms with Crippen LogP contribution in [-0.2, 0) is 15.0 Å². The van der Waals surface area contributed by atoms with Crippen molar-refractivity contribution in [2.75, 3.05) is 34.2 Å². The molecule has 1 saturated heterocycles. The average Bonchev–Trinajstić information content (AvgIpc) is 2.56. The van der Waals surface area contributed by atoms with Crippen LogP contribution in [0.3, 0.4) is 0 Å². The van der Waals surface area contributed by atoms with Gasteiger partial charge in [0.15, 0.2) is 0 Å². The highest BCUT2D eigenvalue weighted by atomic mass is 32.2. The Bertz CT molecular complexity index is 408. The van der Waals surface area contributed by atoms with Gasteiger partial charge in [-0.15, -0.1) is 0 Å². The van der Waals surface area contributed by atoms with Gasteiger partial charge in [0.25, 0.3) is 10.2 Å². The van der Waals surface area contributed by atoms with Crippen molar-refractivity contribution in [3.8, 4) is 0 Å². The lowest BCUT2D eigenvalue weighted by atomic mass is 10.1. The lowest BCUT2D eigenvalue weighted by Crippen LogP contribution is -2.44. The van der Waals surface area contributed by atoms with E-state index in [0.29, 0.717) is 19.5 Å². The molecule has 1 unspecified atom stereocenters. The molecular weight excluding hydrogens is 254 g/mol. The van der Waals surface area contributed by atoms with Crippen LogP contribution in [0.15, 0.2) is 0 Å². The molecule has 1 amide bonds. The number of hydrogen-bond acceptors (Lipinski definition) is 3. The summed E-state index contributed by atoms with van der Waals surface area (Å²) in [5.41, 5.74) is 0. The molecule has 1 heterocycles. The largest absolute Gasteiger partial charge is 0.345 e. The van der Waals surface area contributed by atoms with E-state index in [1.165, 1.54) is 8.61 Å². The second kappa shape index (κ2) is 5.54. The van der Waals surface area contributed by atoms with Crippen LogP contribution in [0, 0.1) is 5.92 Å². The first-order valence-corrected chi connectivity index (χ1v) is 7.49. The fourth-order valence-corrected chi connectivity index (χ4v) is 3.39. The number of likely N-dealkylation sites (tertiary alicyclic amines) is 1. The highest BCUT2D eigenvalue weighted by Gasteiger charge is 2.32. The van der Waals surface area contributed by atoms with Gasteiger partial charge in [-0.1, -0.05) is 0 Å². The first-order valence-electron chi connectivity index (χ1n) is 6.09. The second-order valence-corrected chi connectivity index (χ2v) is 7.34. The van der Waals surface area contributed by atoms with Crippen LogP contribution in [-0.4, -0.2) is 68.1 Å². The molecule has 0 saturated carbocycles. The zero-order valence-corrected chi connectivity index (χ0v) is 12.6. The van der Waals surface area contributed by atoms with Gasteiger partial charge in [0.1, 0.15) is 0 Å². The monoisotopic (exact) mass is 277 g/mol. The van der Waals surface area contributed by atoms with Gasteiger partial charge in [-0.3, -0.25) is 4.79 Å². The third kappa shape index (κ3) is 3.21. The second-order valence-electron chi connectivity index (χ2n) is 5.24. The number of hydrogen-bond donors (Lipinski definition) is 0. The molecule has 1 aliphatic heterocycles. The fourth-order valence-electron chi connectivity index (χ4n) is 2.02. The zero-order chi connectivity index (χ0) is 14.1. The minimum absolute atomic E-state index is 0.0784. The van der Waals surface area contributed by atoms with Crippen LogP contribution in [0.1, 0.15) is 20.3 Å². The zero-order valence-electron chi connectivity index (χ0n) is 11.8. The predicted molar refractivity (Wildman–Crippen MR) is 70.2 cm³/mol. The van der Waals surface area contributed by atoms with E-state index >= 15 is 0 Å². The highest BCUT2D eigenvalue weighted by Crippen LogP contribution is 2.19. The Labute approximate surface area is 110 Å². The Morgan fingerprint density at radius 3 is 2.33 bits per heavy atom. The van der Waals surface area contributed by atoms with Crippen LogP contribution in [0.4, 0.5) is 0 Å². The summed E-state index contributed by atoms with van der Waals surface area (Å²) in [6.07, 6.45) is 0.432. The van der Waals surface area contributed by atoms with E-state index < -0.39 is 10.2 Å². The molecule has 106 valence electrons. The van der Waals surface area contributed by atoms with Gasteiger partial charge in [-0.2, -0.15) is 17.0 Å². The van der Waals surface area contributed by atoms with E-state index in [1.807, 2.05) is 13.8 Å². The van der Waals surface area contributed by atoms with Gasteiger partial charge in [0.05, 0.1) is 0 Å². The van der Waals surface area contributed by atoms with E-state index in [-0.39, 0.29) is 17.9 Å². The third-order valence-corrected chi connectivity index (χ3v) is 5.51. The molecule has 18 heavy (non-hydrogen) atoms. The van der Waals surface area contributed by atoms with Crippen molar-refractivity contribution in [2.24, 2.45) is 5.92 Å². The van der Waals surface area contributed by atoms with Crippen LogP contribution >= 0.6 is 0 Å². The van der Waals surface area contributed by atoms with Crippen molar-refractivity contribution in [3.63, 3.8) is 0 Å². The van der Waals surface area contributed by atoms with Crippen LogP contribution in [0.25, 0.3) is 0 Å². The summed E-state index contributed by atoms with van der Waals surface area (Å²) in [5, 5.41) is 0. The molecule has 0 N–H and O–H groups in total. The number of rotatable bonds is 5. The summed E-state index contributed by atoms with van der Waals surface area (Å²) in [5.74, 6) is 0.172. The van der Waals surface area contributed by atoms with Gasteiger partial charge in [-0.05, 0) is 19.8 Å². The quantitative estimate of drug-likeness (QED) is 0.709. The minimum atomic E-state index is -3.42. The molecule has 6 nitrogen and oxygen atoms in total. The Kier molecular flexibility index (Phi) is 4.74. The fraction of sp³-hybridized carbons (Fsp3) is 0.909. The predicted octanol–water partition coefficient (Wildman–Crippen LogP) is -0.0185. The van der Waals surface area contributed by atoms with E-state index in [4.69, 9.17) is 0 Å². The molecule has 0 spiro atoms. The van der Waals surface area contributed by atoms with Crippen LogP contribution in [0.5, 0.6) is 0 Å². The van der Waals surface area contributed by atoms with E-state index in [2.05, 4.69) is 0 Å². The molecule has 1 aliphatic rings. The van der Waals surface area contributed by atoms with Crippen molar-refractivity contribution < 1.29 is 13.2 Å². The smallest absolute Gasteiger partial charge is 0.281 e. The Hall–Kier alpha value is -0.660. The van der Waals surface area contributed by atoms with Gasteiger partial charge in [0, 0.05) is 46.7 Å². The van der Waals surface area contributed by atoms with Gasteiger partial charge >= 0.3 is 0 Å². The SMILES string of the molecule is CC(C)N(C)S(=O)(=O)N(C)CC1CC(=O)N(C)C1. The maximum absolute atomic E-state index is 12.2. The number of carbonyl (C=O) groups excluding carboxylic acids is 1. The number of nitrogens with zero attached hydrogens (tertiary/aromatic N) is 3. The molecular formula is C11H23N3O3S.